The number of benzene rings is 1. The number of amides is 1. The molecule has 20 heavy (non-hydrogen) atoms. The lowest BCUT2D eigenvalue weighted by atomic mass is 10.1. The summed E-state index contributed by atoms with van der Waals surface area (Å²) in [6, 6.07) is 9.63. The number of carbonyl (C=O) groups is 1. The summed E-state index contributed by atoms with van der Waals surface area (Å²) in [6.45, 7) is 7.22. The molecule has 3 N–H and O–H groups in total. The van der Waals surface area contributed by atoms with Gasteiger partial charge in [-0.05, 0) is 44.5 Å². The van der Waals surface area contributed by atoms with Crippen LogP contribution in [0.4, 0.5) is 0 Å². The highest BCUT2D eigenvalue weighted by Crippen LogP contribution is 2.11. The van der Waals surface area contributed by atoms with Crippen LogP contribution in [0.25, 0.3) is 5.69 Å². The SMILES string of the molecule is CC(C)(C)NCc1ccc(-n2ccc(C(N)=O)n2)cc1. The van der Waals surface area contributed by atoms with Crippen LogP contribution in [0, 0.1) is 0 Å². The van der Waals surface area contributed by atoms with Gasteiger partial charge < -0.3 is 11.1 Å². The van der Waals surface area contributed by atoms with E-state index in [0.29, 0.717) is 0 Å². The van der Waals surface area contributed by atoms with Crippen molar-refractivity contribution < 1.29 is 4.79 Å². The number of carbonyl (C=O) groups excluding carboxylic acids is 1. The van der Waals surface area contributed by atoms with Crippen LogP contribution in [0.1, 0.15) is 36.8 Å². The second-order valence-corrected chi connectivity index (χ2v) is 5.78. The first-order chi connectivity index (χ1) is 9.35. The van der Waals surface area contributed by atoms with Crippen molar-refractivity contribution >= 4 is 5.91 Å². The number of hydrogen-bond donors (Lipinski definition) is 2. The van der Waals surface area contributed by atoms with Gasteiger partial charge in [-0.2, -0.15) is 5.10 Å². The van der Waals surface area contributed by atoms with E-state index >= 15 is 0 Å². The Kier molecular flexibility index (Phi) is 3.90. The zero-order chi connectivity index (χ0) is 14.8. The summed E-state index contributed by atoms with van der Waals surface area (Å²) in [5, 5.41) is 7.55. The van der Waals surface area contributed by atoms with Crippen molar-refractivity contribution in [3.63, 3.8) is 0 Å². The van der Waals surface area contributed by atoms with E-state index < -0.39 is 5.91 Å². The van der Waals surface area contributed by atoms with E-state index in [9.17, 15) is 4.79 Å². The third kappa shape index (κ3) is 3.68. The Labute approximate surface area is 118 Å². The molecule has 0 aliphatic heterocycles. The van der Waals surface area contributed by atoms with E-state index in [2.05, 4.69) is 31.2 Å². The monoisotopic (exact) mass is 272 g/mol. The van der Waals surface area contributed by atoms with Crippen molar-refractivity contribution in [2.75, 3.05) is 0 Å². The molecule has 0 aliphatic carbocycles. The topological polar surface area (TPSA) is 72.9 Å². The number of rotatable bonds is 4. The minimum absolute atomic E-state index is 0.0943. The predicted molar refractivity (Wildman–Crippen MR) is 78.7 cm³/mol. The normalized spacial score (nSPS) is 11.6. The van der Waals surface area contributed by atoms with Gasteiger partial charge in [0, 0.05) is 18.3 Å². The molecule has 0 fully saturated rings. The molecule has 1 amide bonds. The second kappa shape index (κ2) is 5.46. The molecule has 0 bridgehead atoms. The van der Waals surface area contributed by atoms with Gasteiger partial charge in [0.25, 0.3) is 5.91 Å². The Morgan fingerprint density at radius 2 is 1.90 bits per heavy atom. The van der Waals surface area contributed by atoms with Crippen molar-refractivity contribution in [1.29, 1.82) is 0 Å². The largest absolute Gasteiger partial charge is 0.364 e. The summed E-state index contributed by atoms with van der Waals surface area (Å²) in [5.74, 6) is -0.519. The van der Waals surface area contributed by atoms with E-state index in [0.717, 1.165) is 12.2 Å². The number of primary amides is 1. The molecule has 5 nitrogen and oxygen atoms in total. The van der Waals surface area contributed by atoms with Crippen molar-refractivity contribution in [1.82, 2.24) is 15.1 Å². The maximum absolute atomic E-state index is 11.0. The second-order valence-electron chi connectivity index (χ2n) is 5.78. The Morgan fingerprint density at radius 3 is 2.40 bits per heavy atom. The molecule has 0 radical (unpaired) electrons. The number of aromatic nitrogens is 2. The molecule has 0 spiro atoms. The van der Waals surface area contributed by atoms with Crippen LogP contribution in [-0.4, -0.2) is 21.2 Å². The zero-order valence-electron chi connectivity index (χ0n) is 12.1. The Hall–Kier alpha value is -2.14. The fraction of sp³-hybridized carbons (Fsp3) is 0.333. The maximum Gasteiger partial charge on any atom is 0.269 e. The summed E-state index contributed by atoms with van der Waals surface area (Å²) < 4.78 is 1.64. The van der Waals surface area contributed by atoms with Gasteiger partial charge in [-0.1, -0.05) is 12.1 Å². The van der Waals surface area contributed by atoms with E-state index in [1.54, 1.807) is 16.9 Å². The van der Waals surface area contributed by atoms with Crippen LogP contribution in [-0.2, 0) is 6.54 Å². The van der Waals surface area contributed by atoms with Crippen LogP contribution < -0.4 is 11.1 Å². The molecule has 5 heteroatoms. The molecule has 2 aromatic rings. The molecule has 0 atom stereocenters. The van der Waals surface area contributed by atoms with Crippen LogP contribution in [0.2, 0.25) is 0 Å². The molecular weight excluding hydrogens is 252 g/mol. The summed E-state index contributed by atoms with van der Waals surface area (Å²) in [5.41, 5.74) is 7.65. The Bertz CT molecular complexity index is 593. The third-order valence-electron chi connectivity index (χ3n) is 2.87. The first kappa shape index (κ1) is 14.3. The van der Waals surface area contributed by atoms with Crippen molar-refractivity contribution in [3.05, 3.63) is 47.8 Å². The maximum atomic E-state index is 11.0. The number of hydrogen-bond acceptors (Lipinski definition) is 3. The highest BCUT2D eigenvalue weighted by atomic mass is 16.1. The van der Waals surface area contributed by atoms with Crippen molar-refractivity contribution in [2.45, 2.75) is 32.9 Å². The number of nitrogens with zero attached hydrogens (tertiary/aromatic N) is 2. The molecule has 1 aromatic heterocycles. The standard InChI is InChI=1S/C15H20N4O/c1-15(2,3)17-10-11-4-6-12(7-5-11)19-9-8-13(18-19)14(16)20/h4-9,17H,10H2,1-3H3,(H2,16,20). The van der Waals surface area contributed by atoms with Crippen molar-refractivity contribution in [2.24, 2.45) is 5.73 Å². The summed E-state index contributed by atoms with van der Waals surface area (Å²) in [6.07, 6.45) is 1.72. The Morgan fingerprint density at radius 1 is 1.25 bits per heavy atom. The van der Waals surface area contributed by atoms with Gasteiger partial charge in [0.2, 0.25) is 0 Å². The summed E-state index contributed by atoms with van der Waals surface area (Å²) in [7, 11) is 0. The molecule has 0 saturated heterocycles. The average Bonchev–Trinajstić information content (AvgIpc) is 2.86. The smallest absolute Gasteiger partial charge is 0.269 e. The minimum Gasteiger partial charge on any atom is -0.364 e. The fourth-order valence-corrected chi connectivity index (χ4v) is 1.73. The van der Waals surface area contributed by atoms with Gasteiger partial charge >= 0.3 is 0 Å². The quantitative estimate of drug-likeness (QED) is 0.892. The molecular formula is C15H20N4O. The molecule has 2 rings (SSSR count). The Balaban J connectivity index is 2.09. The van der Waals surface area contributed by atoms with E-state index in [-0.39, 0.29) is 11.2 Å². The summed E-state index contributed by atoms with van der Waals surface area (Å²) >= 11 is 0. The molecule has 1 heterocycles. The molecule has 0 aliphatic rings. The van der Waals surface area contributed by atoms with Crippen molar-refractivity contribution in [3.8, 4) is 5.69 Å². The third-order valence-corrected chi connectivity index (χ3v) is 2.87. The lowest BCUT2D eigenvalue weighted by Gasteiger charge is -2.20. The molecule has 106 valence electrons. The lowest BCUT2D eigenvalue weighted by Crippen LogP contribution is -2.35. The van der Waals surface area contributed by atoms with E-state index in [4.69, 9.17) is 5.73 Å². The number of nitrogens with one attached hydrogen (secondary N) is 1. The first-order valence-corrected chi connectivity index (χ1v) is 6.55. The van der Waals surface area contributed by atoms with Gasteiger partial charge in [-0.15, -0.1) is 0 Å². The highest BCUT2D eigenvalue weighted by Gasteiger charge is 2.09. The lowest BCUT2D eigenvalue weighted by molar-refractivity contribution is 0.0995. The molecule has 0 unspecified atom stereocenters. The van der Waals surface area contributed by atoms with Crippen LogP contribution >= 0.6 is 0 Å². The summed E-state index contributed by atoms with van der Waals surface area (Å²) in [4.78, 5) is 11.0. The zero-order valence-corrected chi connectivity index (χ0v) is 12.1. The van der Waals surface area contributed by atoms with Gasteiger partial charge in [-0.25, -0.2) is 4.68 Å². The molecule has 0 saturated carbocycles. The number of nitrogens with two attached hydrogens (primary N) is 1. The predicted octanol–water partition coefficient (Wildman–Crippen LogP) is 1.86. The highest BCUT2D eigenvalue weighted by molar-refractivity contribution is 5.90. The van der Waals surface area contributed by atoms with Crippen LogP contribution in [0.3, 0.4) is 0 Å². The van der Waals surface area contributed by atoms with Gasteiger partial charge in [0.15, 0.2) is 0 Å². The average molecular weight is 272 g/mol. The minimum atomic E-state index is -0.519. The van der Waals surface area contributed by atoms with Crippen LogP contribution in [0.15, 0.2) is 36.5 Å². The van der Waals surface area contributed by atoms with E-state index in [1.807, 2.05) is 24.3 Å². The first-order valence-electron chi connectivity index (χ1n) is 6.55. The fourth-order valence-electron chi connectivity index (χ4n) is 1.73. The van der Waals surface area contributed by atoms with E-state index in [1.165, 1.54) is 5.56 Å². The van der Waals surface area contributed by atoms with Gasteiger partial charge in [-0.3, -0.25) is 4.79 Å². The van der Waals surface area contributed by atoms with Gasteiger partial charge in [0.05, 0.1) is 5.69 Å². The molecule has 1 aromatic carbocycles. The van der Waals surface area contributed by atoms with Crippen LogP contribution in [0.5, 0.6) is 0 Å². The van der Waals surface area contributed by atoms with Gasteiger partial charge in [0.1, 0.15) is 5.69 Å².